The SMILES string of the molecule is CC[C@H]1OC(=O)[C@H](C)[C@@H](O[C@@H]2C[C@@H](C)[C@H](OC(C)=O)[C@](C)(OC)C2)[C@H](C)[C@@H](O[C@@H]2O[C@H](C)C[C@H](N(C)C)[C@H]2O)[C@](C)(O)C[C@@H](C)/C(=N/OC)[C@H](C)[C@@H](O)[C@]1(C)O. The van der Waals surface area contributed by atoms with Crippen molar-refractivity contribution < 1.29 is 63.3 Å². The van der Waals surface area contributed by atoms with E-state index in [9.17, 15) is 30.0 Å². The molecule has 1 aliphatic carbocycles. The fourth-order valence-electron chi connectivity index (χ4n) is 9.67. The van der Waals surface area contributed by atoms with Gasteiger partial charge >= 0.3 is 11.9 Å². The van der Waals surface area contributed by atoms with E-state index < -0.39 is 101 Å². The van der Waals surface area contributed by atoms with E-state index in [0.29, 0.717) is 25.0 Å². The average Bonchev–Trinajstić information content (AvgIpc) is 3.11. The van der Waals surface area contributed by atoms with E-state index in [4.69, 9.17) is 33.3 Å². The lowest BCUT2D eigenvalue weighted by Gasteiger charge is -2.49. The lowest BCUT2D eigenvalue weighted by atomic mass is 9.73. The number of rotatable bonds is 9. The predicted octanol–water partition coefficient (Wildman–Crippen LogP) is 3.45. The summed E-state index contributed by atoms with van der Waals surface area (Å²) in [6.45, 7) is 19.0. The van der Waals surface area contributed by atoms with Gasteiger partial charge in [-0.1, -0.05) is 39.8 Å². The zero-order valence-corrected chi connectivity index (χ0v) is 36.6. The number of esters is 2. The van der Waals surface area contributed by atoms with Crippen molar-refractivity contribution >= 4 is 17.7 Å². The fraction of sp³-hybridized carbons (Fsp3) is 0.927. The maximum atomic E-state index is 14.3. The van der Waals surface area contributed by atoms with Crippen molar-refractivity contribution in [3.05, 3.63) is 0 Å². The molecule has 15 heteroatoms. The van der Waals surface area contributed by atoms with Crippen molar-refractivity contribution in [1.82, 2.24) is 4.90 Å². The topological polar surface area (TPSA) is 195 Å². The summed E-state index contributed by atoms with van der Waals surface area (Å²) in [7, 11) is 6.69. The van der Waals surface area contributed by atoms with Crippen molar-refractivity contribution in [2.24, 2.45) is 34.7 Å². The Balaban J connectivity index is 2.23. The van der Waals surface area contributed by atoms with Gasteiger partial charge < -0.3 is 58.6 Å². The monoisotopic (exact) mass is 803 g/mol. The van der Waals surface area contributed by atoms with Crippen molar-refractivity contribution in [3.63, 3.8) is 0 Å². The molecule has 15 nitrogen and oxygen atoms in total. The van der Waals surface area contributed by atoms with Gasteiger partial charge in [0.05, 0.1) is 47.8 Å². The molecule has 3 fully saturated rings. The first-order chi connectivity index (χ1) is 25.9. The molecule has 2 heterocycles. The van der Waals surface area contributed by atoms with Crippen LogP contribution in [0.1, 0.15) is 108 Å². The molecule has 1 saturated carbocycles. The van der Waals surface area contributed by atoms with Crippen molar-refractivity contribution in [2.75, 3.05) is 28.3 Å². The minimum Gasteiger partial charge on any atom is -0.459 e. The molecule has 0 spiro atoms. The molecule has 326 valence electrons. The van der Waals surface area contributed by atoms with Crippen LogP contribution in [0.25, 0.3) is 0 Å². The molecule has 2 aliphatic heterocycles. The van der Waals surface area contributed by atoms with Gasteiger partial charge in [0.15, 0.2) is 6.29 Å². The number of ether oxygens (including phenoxy) is 6. The third-order valence-electron chi connectivity index (χ3n) is 12.8. The minimum absolute atomic E-state index is 0.0356. The Morgan fingerprint density at radius 1 is 0.946 bits per heavy atom. The van der Waals surface area contributed by atoms with Crippen LogP contribution in [0.3, 0.4) is 0 Å². The van der Waals surface area contributed by atoms with Crippen LogP contribution in [0.2, 0.25) is 0 Å². The van der Waals surface area contributed by atoms with Gasteiger partial charge in [-0.25, -0.2) is 0 Å². The van der Waals surface area contributed by atoms with E-state index in [1.165, 1.54) is 21.0 Å². The smallest absolute Gasteiger partial charge is 0.311 e. The van der Waals surface area contributed by atoms with Crippen LogP contribution in [0, 0.1) is 29.6 Å². The number of aliphatic hydroxyl groups is 4. The second-order valence-corrected chi connectivity index (χ2v) is 17.9. The second kappa shape index (κ2) is 19.4. The average molecular weight is 803 g/mol. The van der Waals surface area contributed by atoms with Gasteiger partial charge in [0.25, 0.3) is 0 Å². The first-order valence-electron chi connectivity index (χ1n) is 20.3. The Morgan fingerprint density at radius 3 is 2.11 bits per heavy atom. The number of hydrogen-bond acceptors (Lipinski definition) is 15. The number of carbonyl (C=O) groups is 2. The quantitative estimate of drug-likeness (QED) is 0.196. The molecule has 0 radical (unpaired) electrons. The predicted molar refractivity (Wildman–Crippen MR) is 208 cm³/mol. The first-order valence-corrected chi connectivity index (χ1v) is 20.3. The normalized spacial score (nSPS) is 46.9. The molecule has 3 rings (SSSR count). The van der Waals surface area contributed by atoms with Crippen molar-refractivity contribution in [2.45, 2.75) is 186 Å². The van der Waals surface area contributed by atoms with E-state index in [1.807, 2.05) is 53.6 Å². The maximum absolute atomic E-state index is 14.3. The highest BCUT2D eigenvalue weighted by molar-refractivity contribution is 5.88. The van der Waals surface area contributed by atoms with E-state index in [2.05, 4.69) is 5.16 Å². The van der Waals surface area contributed by atoms with Gasteiger partial charge in [0.2, 0.25) is 0 Å². The number of aliphatic hydroxyl groups excluding tert-OH is 2. The molecule has 3 aliphatic rings. The minimum atomic E-state index is -1.91. The number of hydrogen-bond donors (Lipinski definition) is 4. The van der Waals surface area contributed by atoms with Gasteiger partial charge in [0, 0.05) is 44.2 Å². The van der Waals surface area contributed by atoms with Gasteiger partial charge in [-0.05, 0) is 80.3 Å². The highest BCUT2D eigenvalue weighted by Gasteiger charge is 2.53. The van der Waals surface area contributed by atoms with Crippen LogP contribution in [-0.2, 0) is 42.8 Å². The Hall–Kier alpha value is -1.95. The number of oxime groups is 1. The van der Waals surface area contributed by atoms with E-state index in [-0.39, 0.29) is 30.9 Å². The zero-order chi connectivity index (χ0) is 42.7. The Labute approximate surface area is 334 Å². The van der Waals surface area contributed by atoms with Crippen LogP contribution in [0.4, 0.5) is 0 Å². The molecule has 0 aromatic heterocycles. The molecule has 0 amide bonds. The maximum Gasteiger partial charge on any atom is 0.311 e. The first kappa shape index (κ1) is 48.4. The molecule has 0 aromatic carbocycles. The van der Waals surface area contributed by atoms with Gasteiger partial charge in [0.1, 0.15) is 36.6 Å². The molecule has 2 saturated heterocycles. The summed E-state index contributed by atoms with van der Waals surface area (Å²) in [5, 5.41) is 52.2. The lowest BCUT2D eigenvalue weighted by Crippen LogP contribution is -2.61. The number of likely N-dealkylation sites (N-methyl/N-ethyl adjacent to an activating group) is 1. The fourth-order valence-corrected chi connectivity index (χ4v) is 9.67. The van der Waals surface area contributed by atoms with Crippen molar-refractivity contribution in [1.29, 1.82) is 0 Å². The highest BCUT2D eigenvalue weighted by Crippen LogP contribution is 2.43. The summed E-state index contributed by atoms with van der Waals surface area (Å²) >= 11 is 0. The standard InChI is InChI=1S/C41H74N2O13/c1-16-30-41(11,49)34(46)24(5)31(42-51-15)22(3)19-39(9,48)36(56-38-32(45)29(43(12)13)18-23(4)52-38)25(6)33(26(7)37(47)55-30)54-28-17-21(2)35(53-27(8)44)40(10,20-28)50-14/h21-26,28-30,32-36,38,45-46,48-49H,16-20H2,1-15H3/b42-31-/t21-,22-,23-,24+,25+,26-,28-,29+,30-,32-,33+,34-,35+,36-,38+,39-,40-,41-/m1/s1. The number of methoxy groups -OCH3 is 1. The van der Waals surface area contributed by atoms with E-state index in [0.717, 1.165) is 0 Å². The van der Waals surface area contributed by atoms with Crippen LogP contribution >= 0.6 is 0 Å². The van der Waals surface area contributed by atoms with Crippen LogP contribution in [0.15, 0.2) is 5.16 Å². The Kier molecular flexibility index (Phi) is 16.8. The Bertz CT molecular complexity index is 1330. The third-order valence-corrected chi connectivity index (χ3v) is 12.8. The molecular formula is C41H74N2O13. The largest absolute Gasteiger partial charge is 0.459 e. The summed E-state index contributed by atoms with van der Waals surface area (Å²) in [6, 6.07) is -0.301. The summed E-state index contributed by atoms with van der Waals surface area (Å²) in [5.74, 6) is -4.36. The lowest BCUT2D eigenvalue weighted by molar-refractivity contribution is -0.301. The van der Waals surface area contributed by atoms with Crippen LogP contribution in [0.5, 0.6) is 0 Å². The summed E-state index contributed by atoms with van der Waals surface area (Å²) < 4.78 is 37.8. The van der Waals surface area contributed by atoms with Gasteiger partial charge in [-0.2, -0.15) is 0 Å². The Morgan fingerprint density at radius 2 is 1.57 bits per heavy atom. The number of cyclic esters (lactones) is 1. The van der Waals surface area contributed by atoms with Gasteiger partial charge in [-0.3, -0.25) is 9.59 Å². The third kappa shape index (κ3) is 10.8. The second-order valence-electron chi connectivity index (χ2n) is 17.9. The van der Waals surface area contributed by atoms with Gasteiger partial charge in [-0.15, -0.1) is 0 Å². The van der Waals surface area contributed by atoms with E-state index in [1.54, 1.807) is 34.8 Å². The molecule has 18 atom stereocenters. The summed E-state index contributed by atoms with van der Waals surface area (Å²) in [6.07, 6.45) is -6.65. The number of nitrogens with zero attached hydrogens (tertiary/aromatic N) is 2. The highest BCUT2D eigenvalue weighted by atomic mass is 16.7. The van der Waals surface area contributed by atoms with Crippen LogP contribution < -0.4 is 0 Å². The van der Waals surface area contributed by atoms with Crippen molar-refractivity contribution in [3.8, 4) is 0 Å². The zero-order valence-electron chi connectivity index (χ0n) is 36.6. The summed E-state index contributed by atoms with van der Waals surface area (Å²) in [5.41, 5.74) is -4.15. The van der Waals surface area contributed by atoms with Crippen LogP contribution in [-0.4, -0.2) is 149 Å². The number of carbonyl (C=O) groups excluding carboxylic acids is 2. The molecule has 4 N–H and O–H groups in total. The molecular weight excluding hydrogens is 728 g/mol. The molecule has 0 unspecified atom stereocenters. The summed E-state index contributed by atoms with van der Waals surface area (Å²) in [4.78, 5) is 33.6. The molecule has 0 aromatic rings. The van der Waals surface area contributed by atoms with E-state index >= 15 is 0 Å². The molecule has 0 bridgehead atoms. The molecule has 56 heavy (non-hydrogen) atoms.